The van der Waals surface area contributed by atoms with Crippen molar-refractivity contribution >= 4 is 23.9 Å². The number of carbonyl (C=O) groups excluding carboxylic acids is 4. The molecule has 2 rings (SSSR count). The third-order valence-corrected chi connectivity index (χ3v) is 4.88. The average molecular weight is 308 g/mol. The smallest absolute Gasteiger partial charge is 0.300 e. The molecule has 6 amide bonds. The Morgan fingerprint density at radius 2 is 1.41 bits per heavy atom. The molecule has 8 nitrogen and oxygen atoms in total. The maximum Gasteiger partial charge on any atom is 0.330 e. The van der Waals surface area contributed by atoms with Gasteiger partial charge >= 0.3 is 12.1 Å². The number of imide groups is 2. The highest BCUT2D eigenvalue weighted by molar-refractivity contribution is 6.07. The maximum atomic E-state index is 12.6. The molecular formula is C14H20N4O4. The first kappa shape index (κ1) is 16.0. The van der Waals surface area contributed by atoms with E-state index in [1.54, 1.807) is 20.8 Å². The van der Waals surface area contributed by atoms with Gasteiger partial charge in [0.2, 0.25) is 5.91 Å². The molecule has 2 aliphatic heterocycles. The number of nitrogens with zero attached hydrogens (tertiary/aromatic N) is 4. The third kappa shape index (κ3) is 1.47. The summed E-state index contributed by atoms with van der Waals surface area (Å²) in [4.78, 5) is 54.1. The Hall–Kier alpha value is -2.38. The predicted molar refractivity (Wildman–Crippen MR) is 77.3 cm³/mol. The molecule has 8 heteroatoms. The van der Waals surface area contributed by atoms with Gasteiger partial charge in [-0.15, -0.1) is 0 Å². The number of urea groups is 2. The van der Waals surface area contributed by atoms with E-state index < -0.39 is 35.2 Å². The molecule has 0 saturated carbocycles. The van der Waals surface area contributed by atoms with Crippen molar-refractivity contribution in [3.63, 3.8) is 0 Å². The van der Waals surface area contributed by atoms with Gasteiger partial charge in [0.1, 0.15) is 0 Å². The van der Waals surface area contributed by atoms with Crippen LogP contribution in [0.25, 0.3) is 0 Å². The summed E-state index contributed by atoms with van der Waals surface area (Å²) < 4.78 is 0. The molecule has 2 heterocycles. The van der Waals surface area contributed by atoms with Gasteiger partial charge in [-0.2, -0.15) is 0 Å². The molecule has 2 atom stereocenters. The minimum absolute atomic E-state index is 0.524. The van der Waals surface area contributed by atoms with E-state index in [0.29, 0.717) is 0 Å². The lowest BCUT2D eigenvalue weighted by molar-refractivity contribution is -0.142. The minimum atomic E-state index is -1.42. The summed E-state index contributed by atoms with van der Waals surface area (Å²) in [5, 5.41) is 0. The molecule has 2 saturated heterocycles. The van der Waals surface area contributed by atoms with Crippen molar-refractivity contribution in [3.8, 4) is 0 Å². The van der Waals surface area contributed by atoms with E-state index >= 15 is 0 Å². The van der Waals surface area contributed by atoms with Gasteiger partial charge in [-0.1, -0.05) is 6.08 Å². The van der Waals surface area contributed by atoms with Crippen LogP contribution >= 0.6 is 0 Å². The summed E-state index contributed by atoms with van der Waals surface area (Å²) in [5.74, 6) is -1.09. The first-order chi connectivity index (χ1) is 10.1. The SMILES string of the molecule is C/C=C/C(=O)N1C(=O)N(C)[C@@]2(C)N(C)C(=O)N(C(C)=O)[C@@]12C. The predicted octanol–water partition coefficient (Wildman–Crippen LogP) is 0.803. The summed E-state index contributed by atoms with van der Waals surface area (Å²) in [5.41, 5.74) is -2.57. The Morgan fingerprint density at radius 1 is 0.955 bits per heavy atom. The van der Waals surface area contributed by atoms with E-state index in [2.05, 4.69) is 0 Å². The maximum absolute atomic E-state index is 12.6. The number of hydrogen-bond acceptors (Lipinski definition) is 4. The summed E-state index contributed by atoms with van der Waals surface area (Å²) in [6.45, 7) is 6.11. The molecule has 0 unspecified atom stereocenters. The van der Waals surface area contributed by atoms with Crippen molar-refractivity contribution in [3.05, 3.63) is 12.2 Å². The number of allylic oxidation sites excluding steroid dienone is 1. The zero-order chi connectivity index (χ0) is 17.0. The van der Waals surface area contributed by atoms with Crippen molar-refractivity contribution in [2.75, 3.05) is 14.1 Å². The molecule has 0 bridgehead atoms. The lowest BCUT2D eigenvalue weighted by Crippen LogP contribution is -2.65. The van der Waals surface area contributed by atoms with Gasteiger partial charge in [-0.3, -0.25) is 9.59 Å². The lowest BCUT2D eigenvalue weighted by Gasteiger charge is -2.42. The zero-order valence-corrected chi connectivity index (χ0v) is 13.6. The van der Waals surface area contributed by atoms with E-state index in [0.717, 1.165) is 9.80 Å². The van der Waals surface area contributed by atoms with Crippen molar-refractivity contribution in [1.82, 2.24) is 19.6 Å². The molecule has 2 fully saturated rings. The van der Waals surface area contributed by atoms with Crippen LogP contribution in [0.4, 0.5) is 9.59 Å². The molecule has 22 heavy (non-hydrogen) atoms. The quantitative estimate of drug-likeness (QED) is 0.671. The van der Waals surface area contributed by atoms with Gasteiger partial charge in [0.15, 0.2) is 11.3 Å². The fraction of sp³-hybridized carbons (Fsp3) is 0.571. The molecule has 0 aliphatic carbocycles. The largest absolute Gasteiger partial charge is 0.330 e. The van der Waals surface area contributed by atoms with Crippen molar-refractivity contribution in [2.45, 2.75) is 39.0 Å². The summed E-state index contributed by atoms with van der Waals surface area (Å²) in [7, 11) is 3.02. The zero-order valence-electron chi connectivity index (χ0n) is 13.6. The Labute approximate surface area is 128 Å². The number of fused-ring (bicyclic) bond motifs is 1. The van der Waals surface area contributed by atoms with Gasteiger partial charge in [0, 0.05) is 21.0 Å². The van der Waals surface area contributed by atoms with Crippen LogP contribution in [-0.4, -0.2) is 68.9 Å². The molecule has 120 valence electrons. The van der Waals surface area contributed by atoms with Gasteiger partial charge in [0.05, 0.1) is 0 Å². The number of rotatable bonds is 1. The molecule has 0 spiro atoms. The second-order valence-electron chi connectivity index (χ2n) is 5.75. The minimum Gasteiger partial charge on any atom is -0.300 e. The Bertz CT molecular complexity index is 616. The van der Waals surface area contributed by atoms with Crippen LogP contribution in [-0.2, 0) is 9.59 Å². The summed E-state index contributed by atoms with van der Waals surface area (Å²) >= 11 is 0. The van der Waals surface area contributed by atoms with E-state index in [4.69, 9.17) is 0 Å². The van der Waals surface area contributed by atoms with Crippen LogP contribution in [0.5, 0.6) is 0 Å². The number of likely N-dealkylation sites (N-methyl/N-ethyl adjacent to an activating group) is 2. The number of carbonyl (C=O) groups is 4. The fourth-order valence-electron chi connectivity index (χ4n) is 3.40. The standard InChI is InChI=1S/C14H20N4O4/c1-7-8-10(20)18-12(22)16(6)13(3)14(18,4)17(9(2)19)11(21)15(13)5/h7-8H,1-6H3/b8-7+/t13-,14+/m1/s1. The fourth-order valence-corrected chi connectivity index (χ4v) is 3.40. The van der Waals surface area contributed by atoms with Crippen LogP contribution in [0.3, 0.4) is 0 Å². The van der Waals surface area contributed by atoms with Crippen LogP contribution in [0.1, 0.15) is 27.7 Å². The topological polar surface area (TPSA) is 81.2 Å². The Morgan fingerprint density at radius 3 is 1.82 bits per heavy atom. The summed E-state index contributed by atoms with van der Waals surface area (Å²) in [6.07, 6.45) is 2.75. The van der Waals surface area contributed by atoms with Crippen molar-refractivity contribution in [1.29, 1.82) is 0 Å². The monoisotopic (exact) mass is 308 g/mol. The molecule has 0 aromatic rings. The molecule has 0 radical (unpaired) electrons. The highest BCUT2D eigenvalue weighted by atomic mass is 16.2. The normalized spacial score (nSPS) is 31.5. The van der Waals surface area contributed by atoms with Crippen molar-refractivity contribution < 1.29 is 19.2 Å². The molecule has 2 aliphatic rings. The highest BCUT2D eigenvalue weighted by Crippen LogP contribution is 2.50. The molecule has 0 aromatic carbocycles. The molecule has 0 N–H and O–H groups in total. The molecule has 0 aromatic heterocycles. The van der Waals surface area contributed by atoms with Crippen LogP contribution in [0, 0.1) is 0 Å². The van der Waals surface area contributed by atoms with Crippen LogP contribution in [0.15, 0.2) is 12.2 Å². The van der Waals surface area contributed by atoms with Gasteiger partial charge in [0.25, 0.3) is 5.91 Å². The Balaban J connectivity index is 2.74. The van der Waals surface area contributed by atoms with Gasteiger partial charge in [-0.05, 0) is 26.8 Å². The van der Waals surface area contributed by atoms with Crippen LogP contribution in [0.2, 0.25) is 0 Å². The number of amides is 6. The second-order valence-corrected chi connectivity index (χ2v) is 5.75. The molecular weight excluding hydrogens is 288 g/mol. The van der Waals surface area contributed by atoms with Gasteiger partial charge < -0.3 is 9.80 Å². The number of hydrogen-bond donors (Lipinski definition) is 0. The highest BCUT2D eigenvalue weighted by Gasteiger charge is 2.75. The third-order valence-electron chi connectivity index (χ3n) is 4.88. The second kappa shape index (κ2) is 4.56. The van der Waals surface area contributed by atoms with E-state index in [9.17, 15) is 19.2 Å². The first-order valence-electron chi connectivity index (χ1n) is 6.90. The van der Waals surface area contributed by atoms with Gasteiger partial charge in [-0.25, -0.2) is 19.4 Å². The van der Waals surface area contributed by atoms with E-state index in [1.807, 2.05) is 0 Å². The van der Waals surface area contributed by atoms with Crippen LogP contribution < -0.4 is 0 Å². The average Bonchev–Trinajstić information content (AvgIpc) is 2.67. The lowest BCUT2D eigenvalue weighted by atomic mass is 9.95. The Kier molecular flexibility index (Phi) is 3.31. The van der Waals surface area contributed by atoms with E-state index in [-0.39, 0.29) is 0 Å². The van der Waals surface area contributed by atoms with Crippen molar-refractivity contribution in [2.24, 2.45) is 0 Å². The first-order valence-corrected chi connectivity index (χ1v) is 6.90. The van der Waals surface area contributed by atoms with E-state index in [1.165, 1.54) is 43.0 Å². The summed E-state index contributed by atoms with van der Waals surface area (Å²) in [6, 6.07) is -1.10.